The zero-order valence-corrected chi connectivity index (χ0v) is 9.62. The molecule has 0 atom stereocenters. The van der Waals surface area contributed by atoms with Crippen LogP contribution >= 0.6 is 0 Å². The maximum atomic E-state index is 4.56. The topological polar surface area (TPSA) is 53.6 Å². The molecule has 0 unspecified atom stereocenters. The van der Waals surface area contributed by atoms with Crippen molar-refractivity contribution in [2.75, 3.05) is 13.6 Å². The first-order chi connectivity index (χ1) is 7.81. The van der Waals surface area contributed by atoms with E-state index in [4.69, 9.17) is 0 Å². The summed E-state index contributed by atoms with van der Waals surface area (Å²) < 4.78 is 0. The predicted octanol–water partition coefficient (Wildman–Crippen LogP) is 1.54. The summed E-state index contributed by atoms with van der Waals surface area (Å²) in [7, 11) is 1.94. The number of H-pyrrole nitrogens is 1. The van der Waals surface area contributed by atoms with E-state index in [1.165, 1.54) is 0 Å². The molecule has 0 spiro atoms. The van der Waals surface area contributed by atoms with Crippen molar-refractivity contribution < 1.29 is 0 Å². The molecule has 0 saturated carbocycles. The average molecular weight is 216 g/mol. The van der Waals surface area contributed by atoms with E-state index >= 15 is 0 Å². The minimum absolute atomic E-state index is 0.907. The summed E-state index contributed by atoms with van der Waals surface area (Å²) in [4.78, 5) is 12.2. The number of aromatic amines is 1. The number of hydrogen-bond acceptors (Lipinski definition) is 3. The highest BCUT2D eigenvalue weighted by molar-refractivity contribution is 5.56. The first-order valence-corrected chi connectivity index (χ1v) is 5.42. The Bertz CT molecular complexity index is 447. The van der Waals surface area contributed by atoms with Gasteiger partial charge in [0.25, 0.3) is 0 Å². The van der Waals surface area contributed by atoms with Gasteiger partial charge in [0.1, 0.15) is 11.5 Å². The first kappa shape index (κ1) is 10.8. The SMILES string of the molecule is CNCCc1nc(-c2ccccn2)c(C)[nH]1. The van der Waals surface area contributed by atoms with Crippen LogP contribution in [0.4, 0.5) is 0 Å². The van der Waals surface area contributed by atoms with Crippen molar-refractivity contribution in [2.24, 2.45) is 0 Å². The van der Waals surface area contributed by atoms with Gasteiger partial charge in [-0.15, -0.1) is 0 Å². The third-order valence-electron chi connectivity index (χ3n) is 2.45. The fourth-order valence-electron chi connectivity index (χ4n) is 1.64. The molecule has 84 valence electrons. The lowest BCUT2D eigenvalue weighted by Gasteiger charge is -1.95. The van der Waals surface area contributed by atoms with Crippen LogP contribution in [0.25, 0.3) is 11.4 Å². The van der Waals surface area contributed by atoms with Crippen molar-refractivity contribution in [1.82, 2.24) is 20.3 Å². The molecule has 4 heteroatoms. The van der Waals surface area contributed by atoms with Crippen LogP contribution in [-0.2, 0) is 6.42 Å². The molecule has 0 saturated heterocycles. The lowest BCUT2D eigenvalue weighted by Crippen LogP contribution is -2.11. The fraction of sp³-hybridized carbons (Fsp3) is 0.333. The van der Waals surface area contributed by atoms with Crippen LogP contribution < -0.4 is 5.32 Å². The molecule has 0 aliphatic carbocycles. The number of nitrogens with zero attached hydrogens (tertiary/aromatic N) is 2. The van der Waals surface area contributed by atoms with Crippen LogP contribution in [0.5, 0.6) is 0 Å². The molecule has 2 aromatic rings. The van der Waals surface area contributed by atoms with Gasteiger partial charge in [0.2, 0.25) is 0 Å². The average Bonchev–Trinajstić information content (AvgIpc) is 2.69. The fourth-order valence-corrected chi connectivity index (χ4v) is 1.64. The molecule has 2 rings (SSSR count). The Morgan fingerprint density at radius 3 is 2.94 bits per heavy atom. The maximum absolute atomic E-state index is 4.56. The number of likely N-dealkylation sites (N-methyl/N-ethyl adjacent to an activating group) is 1. The van der Waals surface area contributed by atoms with E-state index < -0.39 is 0 Å². The van der Waals surface area contributed by atoms with E-state index in [2.05, 4.69) is 20.3 Å². The summed E-state index contributed by atoms with van der Waals surface area (Å²) in [6.07, 6.45) is 2.70. The third kappa shape index (κ3) is 2.28. The van der Waals surface area contributed by atoms with Gasteiger partial charge in [0, 0.05) is 24.9 Å². The molecule has 16 heavy (non-hydrogen) atoms. The molecule has 0 aliphatic heterocycles. The molecule has 0 fully saturated rings. The zero-order valence-electron chi connectivity index (χ0n) is 9.62. The molecule has 0 radical (unpaired) electrons. The Morgan fingerprint density at radius 2 is 2.25 bits per heavy atom. The second kappa shape index (κ2) is 4.90. The Labute approximate surface area is 95.1 Å². The number of nitrogens with one attached hydrogen (secondary N) is 2. The van der Waals surface area contributed by atoms with Crippen LogP contribution in [0, 0.1) is 6.92 Å². The number of hydrogen-bond donors (Lipinski definition) is 2. The number of imidazole rings is 1. The van der Waals surface area contributed by atoms with Gasteiger partial charge in [-0.05, 0) is 26.1 Å². The summed E-state index contributed by atoms with van der Waals surface area (Å²) in [6, 6.07) is 5.86. The summed E-state index contributed by atoms with van der Waals surface area (Å²) in [6.45, 7) is 2.95. The molecule has 2 aromatic heterocycles. The van der Waals surface area contributed by atoms with Gasteiger partial charge >= 0.3 is 0 Å². The minimum atomic E-state index is 0.907. The zero-order chi connectivity index (χ0) is 11.4. The lowest BCUT2D eigenvalue weighted by molar-refractivity contribution is 0.763. The molecule has 0 amide bonds. The normalized spacial score (nSPS) is 10.6. The van der Waals surface area contributed by atoms with Gasteiger partial charge in [0.15, 0.2) is 0 Å². The Hall–Kier alpha value is -1.68. The van der Waals surface area contributed by atoms with Crippen LogP contribution in [0.1, 0.15) is 11.5 Å². The van der Waals surface area contributed by atoms with Crippen molar-refractivity contribution >= 4 is 0 Å². The van der Waals surface area contributed by atoms with Gasteiger partial charge < -0.3 is 10.3 Å². The quantitative estimate of drug-likeness (QED) is 0.815. The Kier molecular flexibility index (Phi) is 3.31. The van der Waals surface area contributed by atoms with Gasteiger partial charge in [-0.25, -0.2) is 4.98 Å². The maximum Gasteiger partial charge on any atom is 0.110 e. The Balaban J connectivity index is 2.25. The smallest absolute Gasteiger partial charge is 0.110 e. The van der Waals surface area contributed by atoms with Gasteiger partial charge in [0.05, 0.1) is 5.69 Å². The van der Waals surface area contributed by atoms with E-state index in [1.807, 2.05) is 32.2 Å². The number of pyridine rings is 1. The van der Waals surface area contributed by atoms with Crippen LogP contribution in [0.15, 0.2) is 24.4 Å². The number of rotatable bonds is 4. The Morgan fingerprint density at radius 1 is 1.38 bits per heavy atom. The van der Waals surface area contributed by atoms with Crippen LogP contribution in [-0.4, -0.2) is 28.5 Å². The van der Waals surface area contributed by atoms with Crippen LogP contribution in [0.3, 0.4) is 0 Å². The van der Waals surface area contributed by atoms with Crippen molar-refractivity contribution in [3.63, 3.8) is 0 Å². The monoisotopic (exact) mass is 216 g/mol. The van der Waals surface area contributed by atoms with E-state index in [-0.39, 0.29) is 0 Å². The van der Waals surface area contributed by atoms with Crippen molar-refractivity contribution in [2.45, 2.75) is 13.3 Å². The highest BCUT2D eigenvalue weighted by Crippen LogP contribution is 2.18. The van der Waals surface area contributed by atoms with Crippen LogP contribution in [0.2, 0.25) is 0 Å². The molecule has 4 nitrogen and oxygen atoms in total. The predicted molar refractivity (Wildman–Crippen MR) is 64.2 cm³/mol. The molecule has 0 bridgehead atoms. The standard InChI is InChI=1S/C12H16N4/c1-9-12(10-5-3-4-7-14-10)16-11(15-9)6-8-13-2/h3-5,7,13H,6,8H2,1-2H3,(H,15,16). The number of aromatic nitrogens is 3. The number of aryl methyl sites for hydroxylation is 1. The van der Waals surface area contributed by atoms with Gasteiger partial charge in [-0.3, -0.25) is 4.98 Å². The summed E-state index contributed by atoms with van der Waals surface area (Å²) in [5, 5.41) is 3.11. The van der Waals surface area contributed by atoms with Gasteiger partial charge in [-0.2, -0.15) is 0 Å². The summed E-state index contributed by atoms with van der Waals surface area (Å²) in [5.74, 6) is 1.01. The van der Waals surface area contributed by atoms with E-state index in [0.29, 0.717) is 0 Å². The van der Waals surface area contributed by atoms with E-state index in [0.717, 1.165) is 35.9 Å². The first-order valence-electron chi connectivity index (χ1n) is 5.42. The molecular formula is C12H16N4. The second-order valence-electron chi connectivity index (χ2n) is 3.73. The second-order valence-corrected chi connectivity index (χ2v) is 3.73. The summed E-state index contributed by atoms with van der Waals surface area (Å²) in [5.41, 5.74) is 2.95. The summed E-state index contributed by atoms with van der Waals surface area (Å²) >= 11 is 0. The van der Waals surface area contributed by atoms with Crippen molar-refractivity contribution in [3.8, 4) is 11.4 Å². The highest BCUT2D eigenvalue weighted by Gasteiger charge is 2.08. The largest absolute Gasteiger partial charge is 0.345 e. The molecule has 2 N–H and O–H groups in total. The highest BCUT2D eigenvalue weighted by atomic mass is 15.0. The molecule has 2 heterocycles. The minimum Gasteiger partial charge on any atom is -0.345 e. The van der Waals surface area contributed by atoms with E-state index in [1.54, 1.807) is 6.20 Å². The molecule has 0 aliphatic rings. The van der Waals surface area contributed by atoms with Crippen molar-refractivity contribution in [1.29, 1.82) is 0 Å². The van der Waals surface area contributed by atoms with Gasteiger partial charge in [-0.1, -0.05) is 6.07 Å². The lowest BCUT2D eigenvalue weighted by atomic mass is 10.2. The molecule has 0 aromatic carbocycles. The van der Waals surface area contributed by atoms with Crippen molar-refractivity contribution in [3.05, 3.63) is 35.9 Å². The third-order valence-corrected chi connectivity index (χ3v) is 2.45. The molecular weight excluding hydrogens is 200 g/mol. The van der Waals surface area contributed by atoms with E-state index in [9.17, 15) is 0 Å².